The molecule has 1 unspecified atom stereocenters. The van der Waals surface area contributed by atoms with Crippen LogP contribution in [0.4, 0.5) is 0 Å². The van der Waals surface area contributed by atoms with Gasteiger partial charge in [0.15, 0.2) is 0 Å². The summed E-state index contributed by atoms with van der Waals surface area (Å²) in [6.45, 7) is 3.68. The Hall–Kier alpha value is -2.34. The fourth-order valence-electron chi connectivity index (χ4n) is 1.96. The van der Waals surface area contributed by atoms with E-state index in [4.69, 9.17) is 9.02 Å². The van der Waals surface area contributed by atoms with Gasteiger partial charge in [-0.2, -0.15) is 8.42 Å². The molecule has 0 radical (unpaired) electrons. The summed E-state index contributed by atoms with van der Waals surface area (Å²) in [5.74, 6) is 0.531. The van der Waals surface area contributed by atoms with Crippen LogP contribution in [0.15, 0.2) is 64.6 Å². The molecule has 2 rings (SSSR count). The highest BCUT2D eigenvalue weighted by Gasteiger charge is 2.17. The Morgan fingerprint density at radius 2 is 1.65 bits per heavy atom. The molecule has 122 valence electrons. The third kappa shape index (κ3) is 4.32. The highest BCUT2D eigenvalue weighted by molar-refractivity contribution is 7.86. The molecule has 5 nitrogen and oxygen atoms in total. The zero-order valence-electron chi connectivity index (χ0n) is 13.3. The van der Waals surface area contributed by atoms with Crippen molar-refractivity contribution >= 4 is 15.8 Å². The zero-order valence-corrected chi connectivity index (χ0v) is 14.1. The molecule has 0 bridgehead atoms. The number of oxime groups is 1. The maximum absolute atomic E-state index is 12.1. The molecule has 0 fully saturated rings. The topological polar surface area (TPSA) is 65.0 Å². The fraction of sp³-hybridized carbons (Fsp3) is 0.235. The van der Waals surface area contributed by atoms with E-state index in [-0.39, 0.29) is 10.8 Å². The second kappa shape index (κ2) is 7.28. The van der Waals surface area contributed by atoms with E-state index in [2.05, 4.69) is 5.16 Å². The first-order chi connectivity index (χ1) is 10.9. The van der Waals surface area contributed by atoms with Gasteiger partial charge in [-0.15, -0.1) is 0 Å². The third-order valence-corrected chi connectivity index (χ3v) is 4.67. The molecule has 1 atom stereocenters. The molecule has 0 amide bonds. The Morgan fingerprint density at radius 1 is 1.04 bits per heavy atom. The first kappa shape index (κ1) is 17.0. The average molecular weight is 333 g/mol. The lowest BCUT2D eigenvalue weighted by Crippen LogP contribution is -2.09. The van der Waals surface area contributed by atoms with Crippen LogP contribution in [0, 0.1) is 0 Å². The van der Waals surface area contributed by atoms with Crippen molar-refractivity contribution in [2.24, 2.45) is 5.16 Å². The van der Waals surface area contributed by atoms with Gasteiger partial charge in [-0.05, 0) is 36.8 Å². The van der Waals surface area contributed by atoms with E-state index in [0.717, 1.165) is 5.56 Å². The van der Waals surface area contributed by atoms with E-state index in [1.165, 1.54) is 19.2 Å². The van der Waals surface area contributed by atoms with Gasteiger partial charge in [-0.1, -0.05) is 42.4 Å². The van der Waals surface area contributed by atoms with E-state index in [0.29, 0.717) is 11.5 Å². The first-order valence-corrected chi connectivity index (χ1v) is 8.52. The van der Waals surface area contributed by atoms with Crippen LogP contribution in [0.2, 0.25) is 0 Å². The Balaban J connectivity index is 2.13. The molecule has 0 aliphatic carbocycles. The number of nitrogens with zero attached hydrogens (tertiary/aromatic N) is 1. The smallest absolute Gasteiger partial charge is 0.358 e. The molecular formula is C17H19NO4S. The third-order valence-electron chi connectivity index (χ3n) is 3.55. The van der Waals surface area contributed by atoms with Crippen molar-refractivity contribution in [2.75, 3.05) is 7.11 Å². The van der Waals surface area contributed by atoms with Crippen molar-refractivity contribution in [2.45, 2.75) is 24.7 Å². The molecule has 0 N–H and O–H groups in total. The molecular weight excluding hydrogens is 314 g/mol. The maximum Gasteiger partial charge on any atom is 0.358 e. The minimum atomic E-state index is -3.94. The quantitative estimate of drug-likeness (QED) is 0.599. The lowest BCUT2D eigenvalue weighted by atomic mass is 9.97. The summed E-state index contributed by atoms with van der Waals surface area (Å²) in [6.07, 6.45) is 0. The molecule has 0 saturated heterocycles. The van der Waals surface area contributed by atoms with Crippen LogP contribution in [0.1, 0.15) is 25.3 Å². The Kier molecular flexibility index (Phi) is 5.39. The van der Waals surface area contributed by atoms with Crippen LogP contribution in [0.25, 0.3) is 0 Å². The number of rotatable bonds is 6. The summed E-state index contributed by atoms with van der Waals surface area (Å²) in [7, 11) is -2.43. The Labute approximate surface area is 136 Å². The van der Waals surface area contributed by atoms with Gasteiger partial charge in [0.25, 0.3) is 0 Å². The van der Waals surface area contributed by atoms with Gasteiger partial charge in [0.1, 0.15) is 10.6 Å². The number of hydrogen-bond donors (Lipinski definition) is 0. The van der Waals surface area contributed by atoms with Gasteiger partial charge in [-0.25, -0.2) is 0 Å². The van der Waals surface area contributed by atoms with E-state index >= 15 is 0 Å². The standard InChI is InChI=1S/C17H19NO4S/c1-13(15-7-5-4-6-8-15)14(2)18-22-23(19,20)17-11-9-16(21-3)10-12-17/h4-13H,1-3H3/b18-14+. The second-order valence-corrected chi connectivity index (χ2v) is 6.60. The van der Waals surface area contributed by atoms with E-state index in [1.54, 1.807) is 19.1 Å². The van der Waals surface area contributed by atoms with Crippen LogP contribution >= 0.6 is 0 Å². The van der Waals surface area contributed by atoms with Crippen molar-refractivity contribution < 1.29 is 17.4 Å². The van der Waals surface area contributed by atoms with Crippen LogP contribution in [-0.4, -0.2) is 21.2 Å². The van der Waals surface area contributed by atoms with Gasteiger partial charge >= 0.3 is 10.1 Å². The molecule has 0 heterocycles. The van der Waals surface area contributed by atoms with Crippen molar-refractivity contribution in [3.63, 3.8) is 0 Å². The molecule has 23 heavy (non-hydrogen) atoms. The molecule has 0 saturated carbocycles. The number of benzene rings is 2. The number of hydrogen-bond acceptors (Lipinski definition) is 5. The summed E-state index contributed by atoms with van der Waals surface area (Å²) in [4.78, 5) is 0.0298. The predicted octanol–water partition coefficient (Wildman–Crippen LogP) is 3.58. The van der Waals surface area contributed by atoms with E-state index < -0.39 is 10.1 Å². The molecule has 0 aromatic heterocycles. The summed E-state index contributed by atoms with van der Waals surface area (Å²) in [5.41, 5.74) is 1.62. The molecule has 2 aromatic carbocycles. The van der Waals surface area contributed by atoms with Crippen LogP contribution in [0.5, 0.6) is 5.75 Å². The number of ether oxygens (including phenoxy) is 1. The van der Waals surface area contributed by atoms with Gasteiger partial charge < -0.3 is 4.74 Å². The van der Waals surface area contributed by atoms with Crippen LogP contribution < -0.4 is 4.74 Å². The summed E-state index contributed by atoms with van der Waals surface area (Å²) in [6, 6.07) is 15.6. The summed E-state index contributed by atoms with van der Waals surface area (Å²) < 4.78 is 34.1. The second-order valence-electron chi connectivity index (χ2n) is 5.07. The fourth-order valence-corrected chi connectivity index (χ4v) is 2.73. The summed E-state index contributed by atoms with van der Waals surface area (Å²) >= 11 is 0. The lowest BCUT2D eigenvalue weighted by Gasteiger charge is -2.11. The predicted molar refractivity (Wildman–Crippen MR) is 89.2 cm³/mol. The van der Waals surface area contributed by atoms with E-state index in [1.807, 2.05) is 37.3 Å². The highest BCUT2D eigenvalue weighted by Crippen LogP contribution is 2.20. The molecule has 6 heteroatoms. The SMILES string of the molecule is COc1ccc(S(=O)(=O)O/N=C(\C)C(C)c2ccccc2)cc1. The van der Waals surface area contributed by atoms with Gasteiger partial charge in [-0.3, -0.25) is 4.28 Å². The first-order valence-electron chi connectivity index (χ1n) is 7.11. The highest BCUT2D eigenvalue weighted by atomic mass is 32.2. The lowest BCUT2D eigenvalue weighted by molar-refractivity contribution is 0.336. The monoisotopic (exact) mass is 333 g/mol. The van der Waals surface area contributed by atoms with Crippen molar-refractivity contribution in [1.29, 1.82) is 0 Å². The Bertz CT molecular complexity index is 768. The van der Waals surface area contributed by atoms with Gasteiger partial charge in [0.2, 0.25) is 0 Å². The van der Waals surface area contributed by atoms with Gasteiger partial charge in [0.05, 0.1) is 12.8 Å². The van der Waals surface area contributed by atoms with Crippen molar-refractivity contribution in [1.82, 2.24) is 0 Å². The zero-order chi connectivity index (χ0) is 16.9. The molecule has 0 aliphatic heterocycles. The van der Waals surface area contributed by atoms with Crippen molar-refractivity contribution in [3.8, 4) is 5.75 Å². The van der Waals surface area contributed by atoms with Crippen LogP contribution in [0.3, 0.4) is 0 Å². The Morgan fingerprint density at radius 3 is 2.22 bits per heavy atom. The minimum absolute atomic E-state index is 0.0298. The molecule has 0 aliphatic rings. The number of methoxy groups -OCH3 is 1. The normalized spacial score (nSPS) is 13.4. The minimum Gasteiger partial charge on any atom is -0.497 e. The average Bonchev–Trinajstić information content (AvgIpc) is 2.60. The molecule has 2 aromatic rings. The largest absolute Gasteiger partial charge is 0.497 e. The van der Waals surface area contributed by atoms with Gasteiger partial charge in [0, 0.05) is 5.92 Å². The van der Waals surface area contributed by atoms with Crippen molar-refractivity contribution in [3.05, 3.63) is 60.2 Å². The van der Waals surface area contributed by atoms with Crippen LogP contribution in [-0.2, 0) is 14.4 Å². The maximum atomic E-state index is 12.1. The van der Waals surface area contributed by atoms with E-state index in [9.17, 15) is 8.42 Å². The summed E-state index contributed by atoms with van der Waals surface area (Å²) in [5, 5.41) is 3.79. The molecule has 0 spiro atoms.